The Morgan fingerprint density at radius 3 is 3.00 bits per heavy atom. The van der Waals surface area contributed by atoms with Gasteiger partial charge < -0.3 is 10.4 Å². The summed E-state index contributed by atoms with van der Waals surface area (Å²) in [4.78, 5) is 0. The molecule has 0 bridgehead atoms. The predicted octanol–water partition coefficient (Wildman–Crippen LogP) is 1.90. The fourth-order valence-corrected chi connectivity index (χ4v) is 1.21. The summed E-state index contributed by atoms with van der Waals surface area (Å²) in [5.41, 5.74) is 1.09. The van der Waals surface area contributed by atoms with Crippen molar-refractivity contribution in [3.05, 3.63) is 29.8 Å². The molecule has 0 saturated carbocycles. The summed E-state index contributed by atoms with van der Waals surface area (Å²) in [7, 11) is 0. The van der Waals surface area contributed by atoms with E-state index in [-0.39, 0.29) is 0 Å². The fraction of sp³-hybridized carbons (Fsp3) is 0.333. The molecule has 14 heavy (non-hydrogen) atoms. The maximum atomic E-state index is 9.20. The molecule has 1 aromatic rings. The zero-order valence-corrected chi connectivity index (χ0v) is 8.16. The van der Waals surface area contributed by atoms with Gasteiger partial charge in [0.2, 0.25) is 0 Å². The second kappa shape index (κ2) is 6.06. The molecular formula is C12H15NO. The highest BCUT2D eigenvalue weighted by Crippen LogP contribution is 2.10. The van der Waals surface area contributed by atoms with Crippen molar-refractivity contribution in [2.45, 2.75) is 19.4 Å². The maximum absolute atomic E-state index is 9.20. The van der Waals surface area contributed by atoms with Crippen molar-refractivity contribution < 1.29 is 5.11 Å². The molecule has 0 heterocycles. The van der Waals surface area contributed by atoms with Gasteiger partial charge in [0, 0.05) is 13.0 Å². The third-order valence-electron chi connectivity index (χ3n) is 1.91. The van der Waals surface area contributed by atoms with Crippen molar-refractivity contribution in [1.82, 2.24) is 5.32 Å². The molecule has 0 unspecified atom stereocenters. The topological polar surface area (TPSA) is 32.3 Å². The smallest absolute Gasteiger partial charge is 0.115 e. The molecule has 0 aromatic heterocycles. The van der Waals surface area contributed by atoms with E-state index in [4.69, 9.17) is 6.42 Å². The van der Waals surface area contributed by atoms with Gasteiger partial charge in [0.25, 0.3) is 0 Å². The summed E-state index contributed by atoms with van der Waals surface area (Å²) in [5.74, 6) is 2.91. The Bertz CT molecular complexity index is 314. The standard InChI is InChI=1S/C12H15NO/c1-2-3-4-8-13-10-11-6-5-7-12(14)9-11/h1,5-7,9,13-14H,3-4,8,10H2. The highest BCUT2D eigenvalue weighted by Gasteiger charge is 1.93. The van der Waals surface area contributed by atoms with Crippen molar-refractivity contribution in [1.29, 1.82) is 0 Å². The zero-order chi connectivity index (χ0) is 10.2. The second-order valence-corrected chi connectivity index (χ2v) is 3.15. The Labute approximate surface area is 85.0 Å². The monoisotopic (exact) mass is 189 g/mol. The average Bonchev–Trinajstić information content (AvgIpc) is 2.18. The summed E-state index contributed by atoms with van der Waals surface area (Å²) in [6.07, 6.45) is 6.94. The number of nitrogens with one attached hydrogen (secondary N) is 1. The number of phenolic OH excluding ortho intramolecular Hbond substituents is 1. The lowest BCUT2D eigenvalue weighted by atomic mass is 10.2. The van der Waals surface area contributed by atoms with Gasteiger partial charge in [-0.2, -0.15) is 0 Å². The second-order valence-electron chi connectivity index (χ2n) is 3.15. The van der Waals surface area contributed by atoms with Crippen LogP contribution in [0.2, 0.25) is 0 Å². The van der Waals surface area contributed by atoms with E-state index in [0.717, 1.165) is 31.5 Å². The Balaban J connectivity index is 2.22. The molecule has 0 atom stereocenters. The summed E-state index contributed by atoms with van der Waals surface area (Å²) < 4.78 is 0. The van der Waals surface area contributed by atoms with Gasteiger partial charge in [-0.05, 0) is 30.7 Å². The van der Waals surface area contributed by atoms with Gasteiger partial charge in [-0.3, -0.25) is 0 Å². The highest BCUT2D eigenvalue weighted by molar-refractivity contribution is 5.26. The normalized spacial score (nSPS) is 9.64. The largest absolute Gasteiger partial charge is 0.508 e. The van der Waals surface area contributed by atoms with Crippen LogP contribution in [0.3, 0.4) is 0 Å². The number of rotatable bonds is 5. The van der Waals surface area contributed by atoms with Crippen molar-refractivity contribution in [2.24, 2.45) is 0 Å². The molecule has 0 radical (unpaired) electrons. The van der Waals surface area contributed by atoms with Crippen molar-refractivity contribution in [3.63, 3.8) is 0 Å². The van der Waals surface area contributed by atoms with Crippen LogP contribution in [0, 0.1) is 12.3 Å². The summed E-state index contributed by atoms with van der Waals surface area (Å²) in [6.45, 7) is 1.69. The first-order valence-electron chi connectivity index (χ1n) is 4.75. The Morgan fingerprint density at radius 1 is 1.43 bits per heavy atom. The van der Waals surface area contributed by atoms with Crippen molar-refractivity contribution in [2.75, 3.05) is 6.54 Å². The molecule has 0 fully saturated rings. The lowest BCUT2D eigenvalue weighted by Gasteiger charge is -2.03. The molecular weight excluding hydrogens is 174 g/mol. The van der Waals surface area contributed by atoms with E-state index in [9.17, 15) is 5.11 Å². The summed E-state index contributed by atoms with van der Waals surface area (Å²) >= 11 is 0. The van der Waals surface area contributed by atoms with E-state index in [2.05, 4.69) is 11.2 Å². The number of unbranched alkanes of at least 4 members (excludes halogenated alkanes) is 1. The first-order chi connectivity index (χ1) is 6.83. The molecule has 2 nitrogen and oxygen atoms in total. The number of aromatic hydroxyl groups is 1. The van der Waals surface area contributed by atoms with Crippen LogP contribution in [0.1, 0.15) is 18.4 Å². The van der Waals surface area contributed by atoms with E-state index < -0.39 is 0 Å². The first-order valence-corrected chi connectivity index (χ1v) is 4.75. The van der Waals surface area contributed by atoms with Gasteiger partial charge >= 0.3 is 0 Å². The molecule has 0 spiro atoms. The third-order valence-corrected chi connectivity index (χ3v) is 1.91. The SMILES string of the molecule is C#CCCCNCc1cccc(O)c1. The molecule has 2 heteroatoms. The number of terminal acetylenes is 1. The number of hydrogen-bond acceptors (Lipinski definition) is 2. The third kappa shape index (κ3) is 3.97. The quantitative estimate of drug-likeness (QED) is 0.547. The van der Waals surface area contributed by atoms with E-state index >= 15 is 0 Å². The molecule has 74 valence electrons. The van der Waals surface area contributed by atoms with Gasteiger partial charge in [0.15, 0.2) is 0 Å². The average molecular weight is 189 g/mol. The van der Waals surface area contributed by atoms with Crippen LogP contribution < -0.4 is 5.32 Å². The zero-order valence-electron chi connectivity index (χ0n) is 8.16. The molecule has 0 amide bonds. The van der Waals surface area contributed by atoms with Crippen LogP contribution in [0.15, 0.2) is 24.3 Å². The van der Waals surface area contributed by atoms with Gasteiger partial charge in [-0.1, -0.05) is 12.1 Å². The molecule has 0 saturated heterocycles. The van der Waals surface area contributed by atoms with Crippen LogP contribution in [-0.2, 0) is 6.54 Å². The molecule has 0 aliphatic heterocycles. The van der Waals surface area contributed by atoms with E-state index in [1.165, 1.54) is 0 Å². The number of benzene rings is 1. The van der Waals surface area contributed by atoms with Gasteiger partial charge in [-0.25, -0.2) is 0 Å². The maximum Gasteiger partial charge on any atom is 0.115 e. The lowest BCUT2D eigenvalue weighted by molar-refractivity contribution is 0.474. The Morgan fingerprint density at radius 2 is 2.29 bits per heavy atom. The molecule has 1 aromatic carbocycles. The van der Waals surface area contributed by atoms with Crippen LogP contribution >= 0.6 is 0 Å². The first kappa shape index (κ1) is 10.6. The van der Waals surface area contributed by atoms with E-state index in [1.807, 2.05) is 12.1 Å². The minimum absolute atomic E-state index is 0.313. The van der Waals surface area contributed by atoms with Crippen molar-refractivity contribution in [3.8, 4) is 18.1 Å². The molecule has 0 aliphatic carbocycles. The molecule has 2 N–H and O–H groups in total. The minimum atomic E-state index is 0.313. The number of phenols is 1. The van der Waals surface area contributed by atoms with Crippen LogP contribution in [0.4, 0.5) is 0 Å². The summed E-state index contributed by atoms with van der Waals surface area (Å²) in [6, 6.07) is 7.25. The summed E-state index contributed by atoms with van der Waals surface area (Å²) in [5, 5.41) is 12.5. The van der Waals surface area contributed by atoms with Gasteiger partial charge in [0.1, 0.15) is 5.75 Å². The van der Waals surface area contributed by atoms with E-state index in [1.54, 1.807) is 12.1 Å². The van der Waals surface area contributed by atoms with Gasteiger partial charge in [0.05, 0.1) is 0 Å². The minimum Gasteiger partial charge on any atom is -0.508 e. The van der Waals surface area contributed by atoms with Crippen LogP contribution in [-0.4, -0.2) is 11.7 Å². The highest BCUT2D eigenvalue weighted by atomic mass is 16.3. The predicted molar refractivity (Wildman–Crippen MR) is 57.9 cm³/mol. The molecule has 1 rings (SSSR count). The van der Waals surface area contributed by atoms with Crippen molar-refractivity contribution >= 4 is 0 Å². The Hall–Kier alpha value is -1.46. The van der Waals surface area contributed by atoms with Gasteiger partial charge in [-0.15, -0.1) is 12.3 Å². The fourth-order valence-electron chi connectivity index (χ4n) is 1.21. The van der Waals surface area contributed by atoms with E-state index in [0.29, 0.717) is 5.75 Å². The molecule has 0 aliphatic rings. The van der Waals surface area contributed by atoms with Crippen LogP contribution in [0.5, 0.6) is 5.75 Å². The Kier molecular flexibility index (Phi) is 4.60. The van der Waals surface area contributed by atoms with Crippen LogP contribution in [0.25, 0.3) is 0 Å². The lowest BCUT2D eigenvalue weighted by Crippen LogP contribution is -2.14. The number of hydrogen-bond donors (Lipinski definition) is 2.